The van der Waals surface area contributed by atoms with E-state index in [2.05, 4.69) is 11.5 Å². The second-order valence-corrected chi connectivity index (χ2v) is 6.17. The maximum absolute atomic E-state index is 11.7. The van der Waals surface area contributed by atoms with Gasteiger partial charge in [0.2, 0.25) is 0 Å². The number of hydrogen-bond donors (Lipinski definition) is 3. The third-order valence-corrected chi connectivity index (χ3v) is 4.36. The standard InChI is InChI=1S/C16H18ClN3O2S/c1-2-22-16(21)14(20-19)15(18)23-9-10-3-4-12-8-13(17)6-5-11(12)7-10/h3-8,20H,2,9,18-19H2,1H3/b15-14+. The molecule has 0 fully saturated rings. The highest BCUT2D eigenvalue weighted by molar-refractivity contribution is 8.02. The van der Waals surface area contributed by atoms with Crippen molar-refractivity contribution < 1.29 is 9.53 Å². The molecule has 5 N–H and O–H groups in total. The lowest BCUT2D eigenvalue weighted by atomic mass is 10.1. The summed E-state index contributed by atoms with van der Waals surface area (Å²) in [5, 5.41) is 3.17. The van der Waals surface area contributed by atoms with E-state index in [0.717, 1.165) is 16.3 Å². The van der Waals surface area contributed by atoms with Gasteiger partial charge in [-0.1, -0.05) is 35.9 Å². The van der Waals surface area contributed by atoms with Gasteiger partial charge < -0.3 is 15.9 Å². The number of carbonyl (C=O) groups excluding carboxylic acids is 1. The summed E-state index contributed by atoms with van der Waals surface area (Å²) < 4.78 is 4.89. The van der Waals surface area contributed by atoms with Gasteiger partial charge in [-0.2, -0.15) is 0 Å². The third-order valence-electron chi connectivity index (χ3n) is 3.13. The largest absolute Gasteiger partial charge is 0.461 e. The molecule has 0 spiro atoms. The molecule has 5 nitrogen and oxygen atoms in total. The van der Waals surface area contributed by atoms with Gasteiger partial charge in [-0.15, -0.1) is 11.8 Å². The summed E-state index contributed by atoms with van der Waals surface area (Å²) in [5.41, 5.74) is 9.38. The smallest absolute Gasteiger partial charge is 0.358 e. The van der Waals surface area contributed by atoms with Crippen molar-refractivity contribution in [3.8, 4) is 0 Å². The van der Waals surface area contributed by atoms with Crippen LogP contribution in [0.15, 0.2) is 47.1 Å². The van der Waals surface area contributed by atoms with Crippen molar-refractivity contribution in [3.05, 3.63) is 57.7 Å². The lowest BCUT2D eigenvalue weighted by Gasteiger charge is -2.10. The number of carbonyl (C=O) groups is 1. The Hall–Kier alpha value is -1.89. The molecule has 0 aliphatic rings. The molecule has 0 aliphatic heterocycles. The first-order valence-electron chi connectivity index (χ1n) is 6.99. The molecule has 0 amide bonds. The number of fused-ring (bicyclic) bond motifs is 1. The maximum atomic E-state index is 11.7. The van der Waals surface area contributed by atoms with Gasteiger partial charge in [0.15, 0.2) is 5.70 Å². The predicted octanol–water partition coefficient (Wildman–Crippen LogP) is 2.88. The summed E-state index contributed by atoms with van der Waals surface area (Å²) in [7, 11) is 0. The summed E-state index contributed by atoms with van der Waals surface area (Å²) >= 11 is 7.29. The van der Waals surface area contributed by atoms with Crippen LogP contribution in [0.3, 0.4) is 0 Å². The number of halogens is 1. The quantitative estimate of drug-likeness (QED) is 0.321. The minimum atomic E-state index is -0.562. The van der Waals surface area contributed by atoms with Gasteiger partial charge >= 0.3 is 5.97 Å². The molecule has 2 rings (SSSR count). The fourth-order valence-electron chi connectivity index (χ4n) is 2.02. The topological polar surface area (TPSA) is 90.4 Å². The first-order chi connectivity index (χ1) is 11.0. The number of thioether (sulfide) groups is 1. The van der Waals surface area contributed by atoms with Crippen molar-refractivity contribution >= 4 is 40.1 Å². The molecule has 0 unspecified atom stereocenters. The minimum Gasteiger partial charge on any atom is -0.461 e. The minimum absolute atomic E-state index is 0.0735. The van der Waals surface area contributed by atoms with Gasteiger partial charge in [0.05, 0.1) is 11.6 Å². The second-order valence-electron chi connectivity index (χ2n) is 4.72. The number of nitrogens with two attached hydrogens (primary N) is 2. The first-order valence-corrected chi connectivity index (χ1v) is 8.36. The average molecular weight is 352 g/mol. The van der Waals surface area contributed by atoms with E-state index in [9.17, 15) is 4.79 Å². The van der Waals surface area contributed by atoms with Crippen LogP contribution in [0, 0.1) is 0 Å². The zero-order valence-corrected chi connectivity index (χ0v) is 14.2. The first kappa shape index (κ1) is 17.5. The van der Waals surface area contributed by atoms with Gasteiger partial charge in [-0.3, -0.25) is 5.84 Å². The summed E-state index contributed by atoms with van der Waals surface area (Å²) in [4.78, 5) is 11.7. The summed E-state index contributed by atoms with van der Waals surface area (Å²) in [6, 6.07) is 11.8. The Balaban J connectivity index is 2.13. The molecular weight excluding hydrogens is 334 g/mol. The van der Waals surface area contributed by atoms with Crippen LogP contribution in [0.2, 0.25) is 5.02 Å². The lowest BCUT2D eigenvalue weighted by molar-refractivity contribution is -0.139. The lowest BCUT2D eigenvalue weighted by Crippen LogP contribution is -2.30. The molecule has 0 atom stereocenters. The molecule has 0 saturated carbocycles. The Kier molecular flexibility index (Phi) is 6.15. The van der Waals surface area contributed by atoms with E-state index in [1.165, 1.54) is 11.8 Å². The molecule has 0 aliphatic carbocycles. The van der Waals surface area contributed by atoms with Crippen molar-refractivity contribution in [1.82, 2.24) is 5.43 Å². The van der Waals surface area contributed by atoms with E-state index in [-0.39, 0.29) is 12.3 Å². The number of benzene rings is 2. The molecule has 2 aromatic carbocycles. The van der Waals surface area contributed by atoms with Crippen molar-refractivity contribution in [2.75, 3.05) is 6.61 Å². The van der Waals surface area contributed by atoms with Crippen LogP contribution in [-0.2, 0) is 15.3 Å². The van der Waals surface area contributed by atoms with E-state index < -0.39 is 5.97 Å². The molecule has 23 heavy (non-hydrogen) atoms. The molecule has 0 heterocycles. The van der Waals surface area contributed by atoms with Crippen LogP contribution in [0.5, 0.6) is 0 Å². The van der Waals surface area contributed by atoms with Crippen molar-refractivity contribution in [1.29, 1.82) is 0 Å². The van der Waals surface area contributed by atoms with Gasteiger partial charge in [0.25, 0.3) is 0 Å². The number of nitrogens with one attached hydrogen (secondary N) is 1. The fraction of sp³-hybridized carbons (Fsp3) is 0.188. The molecule has 7 heteroatoms. The normalized spacial score (nSPS) is 12.0. The molecule has 2 aromatic rings. The van der Waals surface area contributed by atoms with Crippen LogP contribution >= 0.6 is 23.4 Å². The fourth-order valence-corrected chi connectivity index (χ4v) is 2.99. The van der Waals surface area contributed by atoms with Crippen LogP contribution in [0.1, 0.15) is 12.5 Å². The highest BCUT2D eigenvalue weighted by Crippen LogP contribution is 2.24. The Morgan fingerprint density at radius 3 is 2.65 bits per heavy atom. The molecule has 0 aromatic heterocycles. The molecule has 0 radical (unpaired) electrons. The zero-order valence-electron chi connectivity index (χ0n) is 12.6. The van der Waals surface area contributed by atoms with E-state index in [0.29, 0.717) is 15.8 Å². The molecule has 122 valence electrons. The third kappa shape index (κ3) is 4.54. The highest BCUT2D eigenvalue weighted by Gasteiger charge is 2.14. The van der Waals surface area contributed by atoms with Crippen molar-refractivity contribution in [2.45, 2.75) is 12.7 Å². The van der Waals surface area contributed by atoms with Crippen LogP contribution < -0.4 is 17.0 Å². The molecule has 0 bridgehead atoms. The van der Waals surface area contributed by atoms with Crippen LogP contribution in [-0.4, -0.2) is 12.6 Å². The number of hydrogen-bond acceptors (Lipinski definition) is 6. The van der Waals surface area contributed by atoms with Gasteiger partial charge in [-0.25, -0.2) is 4.79 Å². The zero-order chi connectivity index (χ0) is 16.8. The SMILES string of the molecule is CCOC(=O)/C(NN)=C(/N)SCc1ccc2cc(Cl)ccc2c1. The predicted molar refractivity (Wildman–Crippen MR) is 95.4 cm³/mol. The maximum Gasteiger partial charge on any atom is 0.358 e. The number of rotatable bonds is 6. The van der Waals surface area contributed by atoms with Crippen molar-refractivity contribution in [2.24, 2.45) is 11.6 Å². The number of hydrazine groups is 1. The molecule has 0 saturated heterocycles. The van der Waals surface area contributed by atoms with E-state index in [1.807, 2.05) is 30.3 Å². The highest BCUT2D eigenvalue weighted by atomic mass is 35.5. The Bertz CT molecular complexity index is 749. The number of ether oxygens (including phenoxy) is 1. The second kappa shape index (κ2) is 8.10. The average Bonchev–Trinajstić information content (AvgIpc) is 2.53. The Labute approximate surface area is 144 Å². The van der Waals surface area contributed by atoms with Gasteiger partial charge in [0, 0.05) is 10.8 Å². The van der Waals surface area contributed by atoms with Gasteiger partial charge in [0.1, 0.15) is 0 Å². The van der Waals surface area contributed by atoms with E-state index >= 15 is 0 Å². The monoisotopic (exact) mass is 351 g/mol. The Morgan fingerprint density at radius 1 is 1.26 bits per heavy atom. The van der Waals surface area contributed by atoms with Crippen LogP contribution in [0.4, 0.5) is 0 Å². The summed E-state index contributed by atoms with van der Waals surface area (Å²) in [6.45, 7) is 1.98. The number of esters is 1. The Morgan fingerprint density at radius 2 is 1.96 bits per heavy atom. The van der Waals surface area contributed by atoms with Crippen molar-refractivity contribution in [3.63, 3.8) is 0 Å². The summed E-state index contributed by atoms with van der Waals surface area (Å²) in [5.74, 6) is 5.39. The van der Waals surface area contributed by atoms with E-state index in [4.69, 9.17) is 27.9 Å². The van der Waals surface area contributed by atoms with Gasteiger partial charge in [-0.05, 0) is 35.4 Å². The van der Waals surface area contributed by atoms with E-state index in [1.54, 1.807) is 6.92 Å². The van der Waals surface area contributed by atoms with Crippen LogP contribution in [0.25, 0.3) is 10.8 Å². The summed E-state index contributed by atoms with van der Waals surface area (Å²) in [6.07, 6.45) is 0. The molecular formula is C16H18ClN3O2S.